The third-order valence-electron chi connectivity index (χ3n) is 2.41. The van der Waals surface area contributed by atoms with Crippen molar-refractivity contribution in [3.8, 4) is 0 Å². The zero-order valence-electron chi connectivity index (χ0n) is 9.86. The SMILES string of the molecule is CCCc1ccc(C(=O)NC(C)CO)cc1. The molecule has 0 saturated heterocycles. The number of hydrogen-bond donors (Lipinski definition) is 2. The Hall–Kier alpha value is -1.35. The largest absolute Gasteiger partial charge is 0.394 e. The fourth-order valence-corrected chi connectivity index (χ4v) is 1.46. The fourth-order valence-electron chi connectivity index (χ4n) is 1.46. The van der Waals surface area contributed by atoms with Gasteiger partial charge in [0.25, 0.3) is 5.91 Å². The summed E-state index contributed by atoms with van der Waals surface area (Å²) in [7, 11) is 0. The molecule has 2 N–H and O–H groups in total. The highest BCUT2D eigenvalue weighted by Crippen LogP contribution is 2.06. The average Bonchev–Trinajstić information content (AvgIpc) is 2.30. The molecule has 1 aromatic rings. The molecule has 1 aromatic carbocycles. The monoisotopic (exact) mass is 221 g/mol. The molecule has 0 saturated carbocycles. The number of carbonyl (C=O) groups is 1. The van der Waals surface area contributed by atoms with Crippen LogP contribution in [-0.2, 0) is 6.42 Å². The molecular formula is C13H19NO2. The lowest BCUT2D eigenvalue weighted by Gasteiger charge is -2.10. The van der Waals surface area contributed by atoms with Crippen LogP contribution in [-0.4, -0.2) is 23.7 Å². The number of aryl methyl sites for hydroxylation is 1. The first-order chi connectivity index (χ1) is 7.67. The number of aliphatic hydroxyl groups is 1. The highest BCUT2D eigenvalue weighted by molar-refractivity contribution is 5.94. The minimum Gasteiger partial charge on any atom is -0.394 e. The van der Waals surface area contributed by atoms with Gasteiger partial charge < -0.3 is 10.4 Å². The third-order valence-corrected chi connectivity index (χ3v) is 2.41. The van der Waals surface area contributed by atoms with Crippen molar-refractivity contribution in [2.45, 2.75) is 32.7 Å². The highest BCUT2D eigenvalue weighted by atomic mass is 16.3. The molecule has 0 aliphatic rings. The number of benzene rings is 1. The number of aliphatic hydroxyl groups excluding tert-OH is 1. The Kier molecular flexibility index (Phi) is 4.99. The van der Waals surface area contributed by atoms with Gasteiger partial charge in [-0.1, -0.05) is 25.5 Å². The molecule has 1 rings (SSSR count). The molecule has 0 aliphatic heterocycles. The Balaban J connectivity index is 2.63. The second kappa shape index (κ2) is 6.28. The van der Waals surface area contributed by atoms with Gasteiger partial charge in [-0.2, -0.15) is 0 Å². The van der Waals surface area contributed by atoms with Gasteiger partial charge in [0.1, 0.15) is 0 Å². The van der Waals surface area contributed by atoms with E-state index in [1.54, 1.807) is 6.92 Å². The summed E-state index contributed by atoms with van der Waals surface area (Å²) in [5, 5.41) is 11.5. The van der Waals surface area contributed by atoms with Crippen molar-refractivity contribution < 1.29 is 9.90 Å². The summed E-state index contributed by atoms with van der Waals surface area (Å²) in [6.45, 7) is 3.85. The number of carbonyl (C=O) groups excluding carboxylic acids is 1. The summed E-state index contributed by atoms with van der Waals surface area (Å²) in [4.78, 5) is 11.7. The molecule has 0 fully saturated rings. The smallest absolute Gasteiger partial charge is 0.251 e. The zero-order valence-corrected chi connectivity index (χ0v) is 9.86. The van der Waals surface area contributed by atoms with Crippen LogP contribution in [0.1, 0.15) is 36.2 Å². The van der Waals surface area contributed by atoms with Gasteiger partial charge in [0.15, 0.2) is 0 Å². The minimum absolute atomic E-state index is 0.0420. The van der Waals surface area contributed by atoms with E-state index in [-0.39, 0.29) is 18.6 Å². The highest BCUT2D eigenvalue weighted by Gasteiger charge is 2.08. The number of hydrogen-bond acceptors (Lipinski definition) is 2. The van der Waals surface area contributed by atoms with Crippen molar-refractivity contribution in [3.05, 3.63) is 35.4 Å². The van der Waals surface area contributed by atoms with E-state index in [0.717, 1.165) is 12.8 Å². The van der Waals surface area contributed by atoms with Crippen molar-refractivity contribution in [3.63, 3.8) is 0 Å². The lowest BCUT2D eigenvalue weighted by molar-refractivity contribution is 0.0922. The van der Waals surface area contributed by atoms with Crippen LogP contribution in [0.5, 0.6) is 0 Å². The minimum atomic E-state index is -0.206. The first kappa shape index (κ1) is 12.7. The van der Waals surface area contributed by atoms with Gasteiger partial charge in [0.05, 0.1) is 6.61 Å². The van der Waals surface area contributed by atoms with Crippen molar-refractivity contribution in [2.75, 3.05) is 6.61 Å². The van der Waals surface area contributed by atoms with E-state index in [0.29, 0.717) is 5.56 Å². The fraction of sp³-hybridized carbons (Fsp3) is 0.462. The summed E-state index contributed by atoms with van der Waals surface area (Å²) in [5.41, 5.74) is 1.88. The van der Waals surface area contributed by atoms with E-state index >= 15 is 0 Å². The first-order valence-corrected chi connectivity index (χ1v) is 5.68. The summed E-state index contributed by atoms with van der Waals surface area (Å²) in [6.07, 6.45) is 2.14. The van der Waals surface area contributed by atoms with Gasteiger partial charge in [-0.15, -0.1) is 0 Å². The molecule has 0 bridgehead atoms. The number of amides is 1. The number of rotatable bonds is 5. The van der Waals surface area contributed by atoms with Gasteiger partial charge >= 0.3 is 0 Å². The maximum Gasteiger partial charge on any atom is 0.251 e. The third kappa shape index (κ3) is 3.66. The van der Waals surface area contributed by atoms with Gasteiger partial charge in [-0.25, -0.2) is 0 Å². The van der Waals surface area contributed by atoms with Crippen molar-refractivity contribution in [1.29, 1.82) is 0 Å². The second-order valence-corrected chi connectivity index (χ2v) is 4.00. The zero-order chi connectivity index (χ0) is 12.0. The van der Waals surface area contributed by atoms with E-state index in [9.17, 15) is 4.79 Å². The van der Waals surface area contributed by atoms with Crippen molar-refractivity contribution >= 4 is 5.91 Å². The lowest BCUT2D eigenvalue weighted by atomic mass is 10.1. The number of nitrogens with one attached hydrogen (secondary N) is 1. The van der Waals surface area contributed by atoms with E-state index in [2.05, 4.69) is 12.2 Å². The summed E-state index contributed by atoms with van der Waals surface area (Å²) < 4.78 is 0. The Morgan fingerprint density at radius 1 is 1.38 bits per heavy atom. The van der Waals surface area contributed by atoms with E-state index in [4.69, 9.17) is 5.11 Å². The van der Waals surface area contributed by atoms with Crippen LogP contribution in [0.2, 0.25) is 0 Å². The molecule has 16 heavy (non-hydrogen) atoms. The second-order valence-electron chi connectivity index (χ2n) is 4.00. The van der Waals surface area contributed by atoms with E-state index < -0.39 is 0 Å². The van der Waals surface area contributed by atoms with Crippen LogP contribution in [0.25, 0.3) is 0 Å². The van der Waals surface area contributed by atoms with Crippen LogP contribution in [0.3, 0.4) is 0 Å². The molecule has 88 valence electrons. The first-order valence-electron chi connectivity index (χ1n) is 5.68. The van der Waals surface area contributed by atoms with Gasteiger partial charge in [0.2, 0.25) is 0 Å². The molecule has 0 spiro atoms. The molecule has 0 aromatic heterocycles. The maximum atomic E-state index is 11.7. The van der Waals surface area contributed by atoms with E-state index in [1.165, 1.54) is 5.56 Å². The molecule has 1 unspecified atom stereocenters. The molecule has 1 amide bonds. The predicted molar refractivity (Wildman–Crippen MR) is 64.5 cm³/mol. The Morgan fingerprint density at radius 3 is 2.50 bits per heavy atom. The molecule has 3 nitrogen and oxygen atoms in total. The van der Waals surface area contributed by atoms with Crippen LogP contribution >= 0.6 is 0 Å². The quantitative estimate of drug-likeness (QED) is 0.795. The van der Waals surface area contributed by atoms with Crippen molar-refractivity contribution in [1.82, 2.24) is 5.32 Å². The van der Waals surface area contributed by atoms with Crippen LogP contribution in [0, 0.1) is 0 Å². The molecule has 1 atom stereocenters. The van der Waals surface area contributed by atoms with E-state index in [1.807, 2.05) is 24.3 Å². The summed E-state index contributed by atoms with van der Waals surface area (Å²) in [5.74, 6) is -0.135. The van der Waals surface area contributed by atoms with Crippen molar-refractivity contribution in [2.24, 2.45) is 0 Å². The normalized spacial score (nSPS) is 12.2. The van der Waals surface area contributed by atoms with Gasteiger partial charge in [-0.3, -0.25) is 4.79 Å². The molecular weight excluding hydrogens is 202 g/mol. The molecule has 0 aliphatic carbocycles. The Morgan fingerprint density at radius 2 is 2.00 bits per heavy atom. The van der Waals surface area contributed by atoms with Gasteiger partial charge in [-0.05, 0) is 31.0 Å². The maximum absolute atomic E-state index is 11.7. The Bertz CT molecular complexity index is 332. The lowest BCUT2D eigenvalue weighted by Crippen LogP contribution is -2.34. The molecule has 3 heteroatoms. The van der Waals surface area contributed by atoms with Gasteiger partial charge in [0, 0.05) is 11.6 Å². The van der Waals surface area contributed by atoms with Crippen LogP contribution in [0.15, 0.2) is 24.3 Å². The standard InChI is InChI=1S/C13H19NO2/c1-3-4-11-5-7-12(8-6-11)13(16)14-10(2)9-15/h5-8,10,15H,3-4,9H2,1-2H3,(H,14,16). The average molecular weight is 221 g/mol. The Labute approximate surface area is 96.5 Å². The summed E-state index contributed by atoms with van der Waals surface area (Å²) in [6, 6.07) is 7.39. The molecule has 0 radical (unpaired) electrons. The summed E-state index contributed by atoms with van der Waals surface area (Å²) >= 11 is 0. The predicted octanol–water partition coefficient (Wildman–Crippen LogP) is 1.75. The topological polar surface area (TPSA) is 49.3 Å². The molecule has 0 heterocycles. The van der Waals surface area contributed by atoms with Crippen LogP contribution < -0.4 is 5.32 Å². The van der Waals surface area contributed by atoms with Crippen LogP contribution in [0.4, 0.5) is 0 Å².